The zero-order chi connectivity index (χ0) is 18.2. The summed E-state index contributed by atoms with van der Waals surface area (Å²) in [7, 11) is 0. The second-order valence-corrected chi connectivity index (χ2v) is 8.42. The van der Waals surface area contributed by atoms with E-state index in [2.05, 4.69) is 0 Å². The van der Waals surface area contributed by atoms with Crippen LogP contribution in [0.15, 0.2) is 53.4 Å². The number of hydrogen-bond acceptors (Lipinski definition) is 4. The first-order valence-corrected chi connectivity index (χ1v) is 9.23. The Balaban J connectivity index is 1.94. The molecule has 1 aliphatic heterocycles. The number of amides is 1. The first kappa shape index (κ1) is 18.1. The Kier molecular flexibility index (Phi) is 5.00. The van der Waals surface area contributed by atoms with Crippen LogP contribution in [-0.4, -0.2) is 22.2 Å². The van der Waals surface area contributed by atoms with E-state index in [1.165, 1.54) is 16.7 Å². The van der Waals surface area contributed by atoms with Gasteiger partial charge in [-0.25, -0.2) is 4.79 Å². The smallest absolute Gasteiger partial charge is 0.415 e. The molecule has 0 spiro atoms. The van der Waals surface area contributed by atoms with Crippen molar-refractivity contribution in [2.24, 2.45) is 0 Å². The lowest BCUT2D eigenvalue weighted by atomic mass is 10.1. The van der Waals surface area contributed by atoms with Crippen molar-refractivity contribution in [1.82, 2.24) is 0 Å². The summed E-state index contributed by atoms with van der Waals surface area (Å²) in [4.78, 5) is 15.3. The van der Waals surface area contributed by atoms with Crippen molar-refractivity contribution in [3.63, 3.8) is 0 Å². The van der Waals surface area contributed by atoms with Gasteiger partial charge in [-0.2, -0.15) is 0 Å². The number of para-hydroxylation sites is 1. The van der Waals surface area contributed by atoms with E-state index >= 15 is 0 Å². The number of carbonyl (C=O) groups is 1. The maximum atomic E-state index is 12.8. The quantitative estimate of drug-likeness (QED) is 0.776. The van der Waals surface area contributed by atoms with Gasteiger partial charge in [-0.05, 0) is 50.6 Å². The molecule has 1 amide bonds. The Morgan fingerprint density at radius 3 is 2.48 bits per heavy atom. The lowest BCUT2D eigenvalue weighted by Crippen LogP contribution is -2.42. The maximum Gasteiger partial charge on any atom is 0.415 e. The lowest BCUT2D eigenvalue weighted by Gasteiger charge is -2.30. The number of fused-ring (bicyclic) bond motifs is 1. The molecule has 2 aromatic carbocycles. The Bertz CT molecular complexity index is 773. The third kappa shape index (κ3) is 3.94. The van der Waals surface area contributed by atoms with Crippen LogP contribution < -0.4 is 4.90 Å². The lowest BCUT2D eigenvalue weighted by molar-refractivity contribution is 0.0547. The normalized spacial score (nSPS) is 18.0. The summed E-state index contributed by atoms with van der Waals surface area (Å²) in [5.41, 5.74) is 0.831. The highest BCUT2D eigenvalue weighted by Gasteiger charge is 2.41. The second kappa shape index (κ2) is 6.90. The number of rotatable bonds is 2. The van der Waals surface area contributed by atoms with Crippen molar-refractivity contribution in [2.75, 3.05) is 4.90 Å². The molecule has 1 N–H and O–H groups in total. The molecule has 6 heteroatoms. The van der Waals surface area contributed by atoms with Crippen molar-refractivity contribution in [1.29, 1.82) is 0 Å². The van der Waals surface area contributed by atoms with Gasteiger partial charge in [0.15, 0.2) is 0 Å². The number of aliphatic hydroxyl groups is 1. The average Bonchev–Trinajstić information content (AvgIpc) is 2.93. The number of halogens is 1. The number of hydrogen-bond donors (Lipinski definition) is 1. The van der Waals surface area contributed by atoms with E-state index in [1.807, 2.05) is 45.0 Å². The average molecular weight is 378 g/mol. The van der Waals surface area contributed by atoms with Crippen molar-refractivity contribution < 1.29 is 14.6 Å². The first-order chi connectivity index (χ1) is 11.8. The third-order valence-electron chi connectivity index (χ3n) is 3.70. The van der Waals surface area contributed by atoms with Gasteiger partial charge in [0.2, 0.25) is 0 Å². The van der Waals surface area contributed by atoms with Gasteiger partial charge >= 0.3 is 6.09 Å². The molecule has 2 aromatic rings. The highest BCUT2D eigenvalue weighted by molar-refractivity contribution is 8.00. The summed E-state index contributed by atoms with van der Waals surface area (Å²) in [6, 6.07) is 14.6. The van der Waals surface area contributed by atoms with Crippen molar-refractivity contribution in [3.8, 4) is 0 Å². The molecule has 0 aromatic heterocycles. The van der Waals surface area contributed by atoms with Crippen LogP contribution in [0.3, 0.4) is 0 Å². The van der Waals surface area contributed by atoms with Crippen molar-refractivity contribution >= 4 is 35.1 Å². The van der Waals surface area contributed by atoms with E-state index in [1.54, 1.807) is 24.3 Å². The number of carbonyl (C=O) groups excluding carboxylic acids is 1. The van der Waals surface area contributed by atoms with Crippen LogP contribution >= 0.6 is 23.4 Å². The second-order valence-electron chi connectivity index (χ2n) is 6.82. The minimum Gasteiger partial charge on any atom is -0.443 e. The van der Waals surface area contributed by atoms with E-state index in [0.717, 1.165) is 10.6 Å². The van der Waals surface area contributed by atoms with E-state index in [-0.39, 0.29) is 0 Å². The highest BCUT2D eigenvalue weighted by atomic mass is 35.5. The summed E-state index contributed by atoms with van der Waals surface area (Å²) in [5.74, 6) is 0. The fourth-order valence-corrected chi connectivity index (χ4v) is 4.04. The van der Waals surface area contributed by atoms with Crippen LogP contribution in [0.4, 0.5) is 10.5 Å². The van der Waals surface area contributed by atoms with Gasteiger partial charge in [-0.15, -0.1) is 0 Å². The van der Waals surface area contributed by atoms with Crippen LogP contribution in [0.25, 0.3) is 0 Å². The summed E-state index contributed by atoms with van der Waals surface area (Å²) in [5, 5.41) is 11.0. The molecule has 1 aliphatic rings. The summed E-state index contributed by atoms with van der Waals surface area (Å²) in [6.07, 6.45) is -1.34. The molecule has 2 atom stereocenters. The highest BCUT2D eigenvalue weighted by Crippen LogP contribution is 2.48. The molecule has 0 fully saturated rings. The number of thioether (sulfide) groups is 1. The SMILES string of the molecule is CC(C)(C)OC(=O)N1c2ccccc2S[C@@H]1[C@H](O)c1ccc(Cl)cc1. The summed E-state index contributed by atoms with van der Waals surface area (Å²) < 4.78 is 5.56. The molecule has 132 valence electrons. The predicted molar refractivity (Wildman–Crippen MR) is 101 cm³/mol. The van der Waals surface area contributed by atoms with Crippen LogP contribution in [0.2, 0.25) is 5.02 Å². The van der Waals surface area contributed by atoms with Gasteiger partial charge in [-0.1, -0.05) is 47.6 Å². The molecule has 3 rings (SSSR count). The van der Waals surface area contributed by atoms with Gasteiger partial charge in [0.05, 0.1) is 5.69 Å². The molecule has 0 saturated carbocycles. The number of anilines is 1. The van der Waals surface area contributed by atoms with E-state index < -0.39 is 23.2 Å². The van der Waals surface area contributed by atoms with Crippen molar-refractivity contribution in [2.45, 2.75) is 42.7 Å². The molecular weight excluding hydrogens is 358 g/mol. The van der Waals surface area contributed by atoms with E-state index in [4.69, 9.17) is 16.3 Å². The Hall–Kier alpha value is -1.69. The Morgan fingerprint density at radius 1 is 1.20 bits per heavy atom. The zero-order valence-corrected chi connectivity index (χ0v) is 15.8. The predicted octanol–water partition coefficient (Wildman–Crippen LogP) is 5.25. The van der Waals surface area contributed by atoms with Crippen LogP contribution in [0.1, 0.15) is 32.4 Å². The first-order valence-electron chi connectivity index (χ1n) is 7.98. The fraction of sp³-hybridized carbons (Fsp3) is 0.316. The minimum atomic E-state index is -0.873. The molecule has 0 saturated heterocycles. The summed E-state index contributed by atoms with van der Waals surface area (Å²) in [6.45, 7) is 5.47. The molecule has 4 nitrogen and oxygen atoms in total. The van der Waals surface area contributed by atoms with Crippen LogP contribution in [0.5, 0.6) is 0 Å². The molecule has 0 radical (unpaired) electrons. The standard InChI is InChI=1S/C19H20ClNO3S/c1-19(2,3)24-18(23)21-14-6-4-5-7-15(14)25-17(21)16(22)12-8-10-13(20)11-9-12/h4-11,16-17,22H,1-3H3/t16-,17-/m1/s1. The zero-order valence-electron chi connectivity index (χ0n) is 14.3. The van der Waals surface area contributed by atoms with Gasteiger partial charge in [0, 0.05) is 9.92 Å². The molecule has 0 aliphatic carbocycles. The molecule has 0 unspecified atom stereocenters. The summed E-state index contributed by atoms with van der Waals surface area (Å²) >= 11 is 7.38. The van der Waals surface area contributed by atoms with Gasteiger partial charge in [0.25, 0.3) is 0 Å². The number of aliphatic hydroxyl groups excluding tert-OH is 1. The van der Waals surface area contributed by atoms with Gasteiger partial charge < -0.3 is 9.84 Å². The topological polar surface area (TPSA) is 49.8 Å². The molecule has 0 bridgehead atoms. The fourth-order valence-electron chi connectivity index (χ4n) is 2.62. The largest absolute Gasteiger partial charge is 0.443 e. The van der Waals surface area contributed by atoms with E-state index in [0.29, 0.717) is 10.6 Å². The van der Waals surface area contributed by atoms with Gasteiger partial charge in [-0.3, -0.25) is 4.90 Å². The number of ether oxygens (including phenoxy) is 1. The van der Waals surface area contributed by atoms with E-state index in [9.17, 15) is 9.90 Å². The van der Waals surface area contributed by atoms with Crippen molar-refractivity contribution in [3.05, 3.63) is 59.1 Å². The van der Waals surface area contributed by atoms with Crippen LogP contribution in [0, 0.1) is 0 Å². The maximum absolute atomic E-state index is 12.8. The van der Waals surface area contributed by atoms with Crippen LogP contribution in [-0.2, 0) is 4.74 Å². The molecular formula is C19H20ClNO3S. The Morgan fingerprint density at radius 2 is 1.84 bits per heavy atom. The molecule has 25 heavy (non-hydrogen) atoms. The number of benzene rings is 2. The third-order valence-corrected chi connectivity index (χ3v) is 5.26. The number of nitrogens with zero attached hydrogens (tertiary/aromatic N) is 1. The molecule has 1 heterocycles. The monoisotopic (exact) mass is 377 g/mol. The Labute approximate surface area is 156 Å². The minimum absolute atomic E-state index is 0.469. The van der Waals surface area contributed by atoms with Gasteiger partial charge in [0.1, 0.15) is 17.1 Å².